The molecule has 0 fully saturated rings. The van der Waals surface area contributed by atoms with E-state index in [-0.39, 0.29) is 32.5 Å². The Hall–Kier alpha value is -3.72. The number of unbranched alkanes of at least 4 members (excludes halogenated alkanes) is 3. The molecule has 0 amide bonds. The lowest BCUT2D eigenvalue weighted by molar-refractivity contribution is 0.421. The zero-order chi connectivity index (χ0) is 54.4. The summed E-state index contributed by atoms with van der Waals surface area (Å²) >= 11 is 0. The number of rotatable bonds is 21. The zero-order valence-corrected chi connectivity index (χ0v) is 50.5. The number of hydrogen-bond acceptors (Lipinski definition) is 3. The van der Waals surface area contributed by atoms with Crippen LogP contribution in [0.2, 0.25) is 0 Å². The van der Waals surface area contributed by atoms with E-state index in [2.05, 4.69) is 182 Å². The van der Waals surface area contributed by atoms with Gasteiger partial charge in [0.15, 0.2) is 0 Å². The molecule has 0 unspecified atom stereocenters. The van der Waals surface area contributed by atoms with Gasteiger partial charge in [-0.3, -0.25) is 0 Å². The molecule has 3 heteroatoms. The summed E-state index contributed by atoms with van der Waals surface area (Å²) in [5.41, 5.74) is 19.6. The highest BCUT2D eigenvalue weighted by molar-refractivity contribution is 5.55. The first kappa shape index (κ1) is 60.8. The van der Waals surface area contributed by atoms with Crippen LogP contribution in [0.15, 0.2) is 36.4 Å². The van der Waals surface area contributed by atoms with Crippen LogP contribution < -0.4 is 0 Å². The Morgan fingerprint density at radius 1 is 0.250 bits per heavy atom. The molecule has 402 valence electrons. The number of phenols is 3. The van der Waals surface area contributed by atoms with Gasteiger partial charge in [0.2, 0.25) is 0 Å². The monoisotopic (exact) mass is 985 g/mol. The first-order chi connectivity index (χ1) is 33.2. The highest BCUT2D eigenvalue weighted by Crippen LogP contribution is 2.44. The first-order valence-electron chi connectivity index (χ1n) is 28.9. The van der Waals surface area contributed by atoms with E-state index in [1.165, 1.54) is 16.7 Å². The molecule has 0 aliphatic heterocycles. The van der Waals surface area contributed by atoms with Gasteiger partial charge in [-0.15, -0.1) is 0 Å². The van der Waals surface area contributed by atoms with E-state index in [9.17, 15) is 15.3 Å². The minimum atomic E-state index is -0.138. The van der Waals surface area contributed by atoms with Crippen LogP contribution in [0.5, 0.6) is 17.2 Å². The molecule has 0 aliphatic carbocycles. The Kier molecular flexibility index (Phi) is 20.5. The average molecular weight is 986 g/mol. The molecule has 3 N–H and O–H groups in total. The van der Waals surface area contributed by atoms with E-state index < -0.39 is 0 Å². The molecular formula is C69H108O3. The van der Waals surface area contributed by atoms with Gasteiger partial charge in [-0.25, -0.2) is 0 Å². The van der Waals surface area contributed by atoms with E-state index >= 15 is 0 Å². The third-order valence-corrected chi connectivity index (χ3v) is 15.5. The normalized spacial score (nSPS) is 13.1. The van der Waals surface area contributed by atoms with Crippen molar-refractivity contribution in [2.75, 3.05) is 0 Å². The fourth-order valence-corrected chi connectivity index (χ4v) is 11.5. The zero-order valence-electron chi connectivity index (χ0n) is 50.5. The number of hydrogen-bond donors (Lipinski definition) is 3. The van der Waals surface area contributed by atoms with Crippen molar-refractivity contribution in [1.29, 1.82) is 0 Å². The molecule has 4 rings (SSSR count). The lowest BCUT2D eigenvalue weighted by Crippen LogP contribution is -2.18. The molecular weight excluding hydrogens is 877 g/mol. The molecule has 0 saturated heterocycles. The Morgan fingerprint density at radius 2 is 0.403 bits per heavy atom. The quantitative estimate of drug-likeness (QED) is 0.0729. The lowest BCUT2D eigenvalue weighted by Gasteiger charge is -2.29. The minimum Gasteiger partial charge on any atom is -0.507 e. The van der Waals surface area contributed by atoms with Gasteiger partial charge in [-0.05, 0) is 212 Å². The summed E-state index contributed by atoms with van der Waals surface area (Å²) in [7, 11) is 0. The molecule has 0 radical (unpaired) electrons. The Bertz CT molecular complexity index is 2020. The molecule has 3 nitrogen and oxygen atoms in total. The largest absolute Gasteiger partial charge is 0.507 e. The van der Waals surface area contributed by atoms with Gasteiger partial charge in [-0.2, -0.15) is 0 Å². The lowest BCUT2D eigenvalue weighted by atomic mass is 9.77. The topological polar surface area (TPSA) is 60.7 Å². The first-order valence-corrected chi connectivity index (χ1v) is 28.9. The Balaban J connectivity index is 1.79. The smallest absolute Gasteiger partial charge is 0.123 e. The predicted octanol–water partition coefficient (Wildman–Crippen LogP) is 19.1. The maximum Gasteiger partial charge on any atom is 0.123 e. The molecule has 0 atom stereocenters. The van der Waals surface area contributed by atoms with Crippen LogP contribution >= 0.6 is 0 Å². The maximum atomic E-state index is 11.5. The van der Waals surface area contributed by atoms with E-state index in [1.807, 2.05) is 0 Å². The van der Waals surface area contributed by atoms with Crippen molar-refractivity contribution in [1.82, 2.24) is 0 Å². The summed E-state index contributed by atoms with van der Waals surface area (Å²) < 4.78 is 0. The molecule has 0 aliphatic rings. The van der Waals surface area contributed by atoms with Crippen LogP contribution in [0.25, 0.3) is 0 Å². The van der Waals surface area contributed by atoms with Crippen LogP contribution in [0.3, 0.4) is 0 Å². The van der Waals surface area contributed by atoms with Crippen molar-refractivity contribution >= 4 is 0 Å². The Morgan fingerprint density at radius 3 is 0.556 bits per heavy atom. The summed E-state index contributed by atoms with van der Waals surface area (Å²) in [5, 5.41) is 34.5. The van der Waals surface area contributed by atoms with Crippen molar-refractivity contribution in [2.24, 2.45) is 0 Å². The van der Waals surface area contributed by atoms with Crippen LogP contribution in [0.4, 0.5) is 0 Å². The third-order valence-electron chi connectivity index (χ3n) is 15.5. The predicted molar refractivity (Wildman–Crippen MR) is 315 cm³/mol. The second-order valence-electron chi connectivity index (χ2n) is 28.4. The van der Waals surface area contributed by atoms with Crippen molar-refractivity contribution in [3.63, 3.8) is 0 Å². The maximum absolute atomic E-state index is 11.5. The SMILES string of the molecule is CCCc1c(CCCCc2cc(C(C)(C)C)c(O)c(C(C)(C)C)c2)c(CCC)c(CCCCc2cc(C(C)(C)C)c(O)c(C(C)(C)C)c2)c(CCC)c1CCCCc1cc(C(C)(C)C)c(O)c(C(C)(C)C)c1. The van der Waals surface area contributed by atoms with Gasteiger partial charge in [-0.1, -0.05) is 201 Å². The highest BCUT2D eigenvalue weighted by Gasteiger charge is 2.30. The number of phenolic OH excluding ortho intramolecular Hbond substituents is 3. The molecule has 0 aromatic heterocycles. The van der Waals surface area contributed by atoms with E-state index in [1.54, 1.807) is 33.4 Å². The second-order valence-corrected chi connectivity index (χ2v) is 28.4. The van der Waals surface area contributed by atoms with Crippen molar-refractivity contribution in [3.05, 3.63) is 120 Å². The van der Waals surface area contributed by atoms with Crippen LogP contribution in [0, 0.1) is 0 Å². The molecule has 4 aromatic carbocycles. The van der Waals surface area contributed by atoms with Crippen molar-refractivity contribution in [2.45, 2.75) is 293 Å². The summed E-state index contributed by atoms with van der Waals surface area (Å²) in [6, 6.07) is 13.8. The van der Waals surface area contributed by atoms with E-state index in [0.29, 0.717) is 17.2 Å². The van der Waals surface area contributed by atoms with Crippen molar-refractivity contribution < 1.29 is 15.3 Å². The summed E-state index contributed by atoms with van der Waals surface area (Å²) in [6.45, 7) is 47.1. The second kappa shape index (κ2) is 24.3. The molecule has 72 heavy (non-hydrogen) atoms. The van der Waals surface area contributed by atoms with Crippen molar-refractivity contribution in [3.8, 4) is 17.2 Å². The third kappa shape index (κ3) is 15.7. The summed E-state index contributed by atoms with van der Waals surface area (Å²) in [6.07, 6.45) is 20.0. The van der Waals surface area contributed by atoms with Crippen LogP contribution in [0.1, 0.15) is 287 Å². The molecule has 4 aromatic rings. The molecule has 0 saturated carbocycles. The fourth-order valence-electron chi connectivity index (χ4n) is 11.5. The Labute approximate surface area is 443 Å². The fraction of sp³-hybridized carbons (Fsp3) is 0.652. The molecule has 0 heterocycles. The molecule has 0 bridgehead atoms. The van der Waals surface area contributed by atoms with E-state index in [4.69, 9.17) is 0 Å². The van der Waals surface area contributed by atoms with Gasteiger partial charge >= 0.3 is 0 Å². The minimum absolute atomic E-state index is 0.138. The highest BCUT2D eigenvalue weighted by atomic mass is 16.3. The van der Waals surface area contributed by atoms with Crippen LogP contribution in [-0.2, 0) is 90.3 Å². The average Bonchev–Trinajstić information content (AvgIpc) is 3.23. The van der Waals surface area contributed by atoms with Crippen LogP contribution in [-0.4, -0.2) is 15.3 Å². The number of aryl methyl sites for hydroxylation is 3. The summed E-state index contributed by atoms with van der Waals surface area (Å²) in [4.78, 5) is 0. The number of aromatic hydroxyl groups is 3. The standard InChI is InChI=1S/C69H108O3/c1-22-31-49-52(37-28-25-34-46-40-55(64(4,5)6)61(70)56(41-46)65(7,8)9)50(32-23-2)54(39-30-27-36-48-44-59(68(16,17)18)63(72)60(45-48)69(19,20)21)51(33-24-3)53(49)38-29-26-35-47-42-57(66(10,11)12)62(71)58(43-47)67(13,14)15/h40-45,70-72H,22-39H2,1-21H3. The van der Waals surface area contributed by atoms with Gasteiger partial charge < -0.3 is 15.3 Å². The number of benzene rings is 4. The van der Waals surface area contributed by atoms with Gasteiger partial charge in [0.25, 0.3) is 0 Å². The van der Waals surface area contributed by atoms with Gasteiger partial charge in [0, 0.05) is 0 Å². The van der Waals surface area contributed by atoms with Gasteiger partial charge in [0.05, 0.1) is 0 Å². The van der Waals surface area contributed by atoms with Gasteiger partial charge in [0.1, 0.15) is 17.2 Å². The van der Waals surface area contributed by atoms with E-state index in [0.717, 1.165) is 149 Å². The molecule has 0 spiro atoms. The summed E-state index contributed by atoms with van der Waals surface area (Å²) in [5.74, 6) is 1.41.